The van der Waals surface area contributed by atoms with Gasteiger partial charge in [-0.1, -0.05) is 0 Å². The van der Waals surface area contributed by atoms with Crippen LogP contribution in [0.1, 0.15) is 6.92 Å². The number of aliphatic hydroxyl groups is 9. The smallest absolute Gasteiger partial charge is 0.217 e. The summed E-state index contributed by atoms with van der Waals surface area (Å²) in [5.41, 5.74) is 0. The first-order valence-electron chi connectivity index (χ1n) is 12.0. The monoisotopic (exact) mass is 559 g/mol. The van der Waals surface area contributed by atoms with Crippen LogP contribution >= 0.6 is 0 Å². The number of hydrogen-bond acceptors (Lipinski definition) is 16. The van der Waals surface area contributed by atoms with Crippen molar-refractivity contribution >= 4 is 5.91 Å². The number of carbonyl (C=O) groups is 1. The molecule has 0 aliphatic carbocycles. The molecule has 0 unspecified atom stereocenters. The molecular formula is C21H37NO16. The first-order chi connectivity index (χ1) is 17.9. The molecule has 0 radical (unpaired) electrons. The van der Waals surface area contributed by atoms with Crippen LogP contribution in [0.3, 0.4) is 0 Å². The molecule has 38 heavy (non-hydrogen) atoms. The van der Waals surface area contributed by atoms with Gasteiger partial charge in [0.05, 0.1) is 19.8 Å². The third kappa shape index (κ3) is 6.60. The Morgan fingerprint density at radius 2 is 1.24 bits per heavy atom. The second-order valence-corrected chi connectivity index (χ2v) is 9.32. The van der Waals surface area contributed by atoms with Crippen LogP contribution in [-0.4, -0.2) is 171 Å². The number of nitrogens with one attached hydrogen (secondary N) is 1. The normalized spacial score (nSPS) is 48.0. The molecule has 17 heteroatoms. The fraction of sp³-hybridized carbons (Fsp3) is 0.952. The summed E-state index contributed by atoms with van der Waals surface area (Å²) in [6.07, 6.45) is -21.7. The molecule has 0 aromatic heterocycles. The Hall–Kier alpha value is -1.13. The molecule has 0 saturated carbocycles. The van der Waals surface area contributed by atoms with E-state index in [1.165, 1.54) is 7.11 Å². The zero-order valence-electron chi connectivity index (χ0n) is 20.7. The summed E-state index contributed by atoms with van der Waals surface area (Å²) >= 11 is 0. The van der Waals surface area contributed by atoms with Crippen LogP contribution in [0.4, 0.5) is 0 Å². The maximum absolute atomic E-state index is 11.7. The van der Waals surface area contributed by atoms with Crippen molar-refractivity contribution in [1.29, 1.82) is 0 Å². The van der Waals surface area contributed by atoms with Gasteiger partial charge in [-0.05, 0) is 0 Å². The lowest BCUT2D eigenvalue weighted by Gasteiger charge is -2.47. The minimum atomic E-state index is -1.79. The van der Waals surface area contributed by atoms with Crippen molar-refractivity contribution in [2.75, 3.05) is 26.9 Å². The molecular weight excluding hydrogens is 522 g/mol. The molecule has 10 N–H and O–H groups in total. The molecule has 0 bridgehead atoms. The lowest BCUT2D eigenvalue weighted by Crippen LogP contribution is -2.67. The topological polar surface area (TPSA) is 267 Å². The summed E-state index contributed by atoms with van der Waals surface area (Å²) in [6.45, 7) is -0.883. The Morgan fingerprint density at radius 1 is 0.711 bits per heavy atom. The number of rotatable bonds is 9. The summed E-state index contributed by atoms with van der Waals surface area (Å²) in [4.78, 5) is 11.7. The molecule has 3 rings (SSSR count). The molecule has 0 aromatic carbocycles. The maximum Gasteiger partial charge on any atom is 0.217 e. The first-order valence-corrected chi connectivity index (χ1v) is 12.0. The number of hydrogen-bond donors (Lipinski definition) is 10. The van der Waals surface area contributed by atoms with E-state index in [4.69, 9.17) is 28.4 Å². The van der Waals surface area contributed by atoms with Crippen LogP contribution in [0.15, 0.2) is 0 Å². The quantitative estimate of drug-likeness (QED) is 0.126. The number of carbonyl (C=O) groups excluding carboxylic acids is 1. The van der Waals surface area contributed by atoms with Gasteiger partial charge >= 0.3 is 0 Å². The lowest BCUT2D eigenvalue weighted by molar-refractivity contribution is -0.362. The Labute approximate surface area is 217 Å². The fourth-order valence-corrected chi connectivity index (χ4v) is 4.52. The van der Waals surface area contributed by atoms with E-state index in [0.717, 1.165) is 6.92 Å². The van der Waals surface area contributed by atoms with Crippen molar-refractivity contribution in [3.8, 4) is 0 Å². The van der Waals surface area contributed by atoms with Gasteiger partial charge < -0.3 is 79.7 Å². The predicted molar refractivity (Wildman–Crippen MR) is 118 cm³/mol. The van der Waals surface area contributed by atoms with Gasteiger partial charge in [-0.15, -0.1) is 0 Å². The second-order valence-electron chi connectivity index (χ2n) is 9.32. The Balaban J connectivity index is 1.81. The highest BCUT2D eigenvalue weighted by Gasteiger charge is 2.52. The Kier molecular flexibility index (Phi) is 11.1. The molecule has 0 spiro atoms. The van der Waals surface area contributed by atoms with Crippen LogP contribution in [0.25, 0.3) is 0 Å². The van der Waals surface area contributed by atoms with Crippen LogP contribution in [-0.2, 0) is 33.2 Å². The fourth-order valence-electron chi connectivity index (χ4n) is 4.52. The van der Waals surface area contributed by atoms with Crippen LogP contribution in [0, 0.1) is 0 Å². The summed E-state index contributed by atoms with van der Waals surface area (Å²) in [5.74, 6) is -0.633. The minimum absolute atomic E-state index is 0.530. The molecule has 1 amide bonds. The minimum Gasteiger partial charge on any atom is -0.394 e. The van der Waals surface area contributed by atoms with Crippen LogP contribution in [0.2, 0.25) is 0 Å². The maximum atomic E-state index is 11.7. The second kappa shape index (κ2) is 13.5. The first kappa shape index (κ1) is 31.4. The summed E-state index contributed by atoms with van der Waals surface area (Å²) in [6, 6.07) is -1.39. The SMILES string of the molecule is CO[C@H]1O[C@H](CO[C@H]2O[C@H](CO)[C@@H](O)[C@H](O)[C@@H]2O[C@@H]2O[C@H](CO)[C@@H](O)[C@H](O)[C@H]2NC(C)=O)[C@@H](O)[C@H](O)[C@@H]1O. The third-order valence-corrected chi connectivity index (χ3v) is 6.69. The van der Waals surface area contributed by atoms with E-state index in [0.29, 0.717) is 0 Å². The average Bonchev–Trinajstić information content (AvgIpc) is 2.89. The molecule has 3 saturated heterocycles. The molecule has 222 valence electrons. The van der Waals surface area contributed by atoms with Gasteiger partial charge in [0.1, 0.15) is 73.2 Å². The number of methoxy groups -OCH3 is 1. The van der Waals surface area contributed by atoms with E-state index in [9.17, 15) is 50.8 Å². The van der Waals surface area contributed by atoms with Gasteiger partial charge in [0, 0.05) is 14.0 Å². The van der Waals surface area contributed by atoms with Crippen molar-refractivity contribution in [1.82, 2.24) is 5.32 Å². The van der Waals surface area contributed by atoms with Crippen molar-refractivity contribution < 1.29 is 79.2 Å². The molecule has 15 atom stereocenters. The van der Waals surface area contributed by atoms with E-state index in [1.54, 1.807) is 0 Å². The van der Waals surface area contributed by atoms with Gasteiger partial charge in [-0.25, -0.2) is 0 Å². The van der Waals surface area contributed by atoms with Crippen LogP contribution < -0.4 is 5.32 Å². The number of aliphatic hydroxyl groups excluding tert-OH is 9. The van der Waals surface area contributed by atoms with Gasteiger partial charge in [0.15, 0.2) is 18.9 Å². The average molecular weight is 560 g/mol. The van der Waals surface area contributed by atoms with Gasteiger partial charge in [-0.3, -0.25) is 4.79 Å². The zero-order valence-corrected chi connectivity index (χ0v) is 20.7. The van der Waals surface area contributed by atoms with Crippen molar-refractivity contribution in [3.05, 3.63) is 0 Å². The molecule has 0 aromatic rings. The highest BCUT2D eigenvalue weighted by atomic mass is 16.8. The summed E-state index contributed by atoms with van der Waals surface area (Å²) in [7, 11) is 1.20. The largest absolute Gasteiger partial charge is 0.394 e. The van der Waals surface area contributed by atoms with E-state index >= 15 is 0 Å². The summed E-state index contributed by atoms with van der Waals surface area (Å²) < 4.78 is 32.7. The molecule has 3 fully saturated rings. The summed E-state index contributed by atoms with van der Waals surface area (Å²) in [5, 5.41) is 93.6. The third-order valence-electron chi connectivity index (χ3n) is 6.69. The van der Waals surface area contributed by atoms with Crippen molar-refractivity contribution in [3.63, 3.8) is 0 Å². The van der Waals surface area contributed by atoms with Gasteiger partial charge in [0.25, 0.3) is 0 Å². The Morgan fingerprint density at radius 3 is 1.79 bits per heavy atom. The van der Waals surface area contributed by atoms with E-state index in [2.05, 4.69) is 5.32 Å². The zero-order chi connectivity index (χ0) is 28.3. The van der Waals surface area contributed by atoms with Crippen molar-refractivity contribution in [2.45, 2.75) is 99.0 Å². The Bertz CT molecular complexity index is 761. The van der Waals surface area contributed by atoms with Crippen LogP contribution in [0.5, 0.6) is 0 Å². The molecule has 3 aliphatic heterocycles. The predicted octanol–water partition coefficient (Wildman–Crippen LogP) is -6.78. The van der Waals surface area contributed by atoms with Gasteiger partial charge in [-0.2, -0.15) is 0 Å². The molecule has 3 heterocycles. The highest BCUT2D eigenvalue weighted by Crippen LogP contribution is 2.31. The standard InChI is InChI=1S/C21H37NO16/c1-6(25)22-10-14(29)11(26)7(3-23)35-19(10)38-18-16(31)12(27)8(4-24)36-21(18)34-5-9-13(28)15(30)17(32)20(33-2)37-9/h7-21,23-24,26-32H,3-5H2,1-2H3,(H,22,25)/t7-,8-,9-,10-,11-,12-,13-,14-,15+,16+,17+,18+,19+,20+,21+/m1/s1. The lowest BCUT2D eigenvalue weighted by atomic mass is 9.95. The highest BCUT2D eigenvalue weighted by molar-refractivity contribution is 5.73. The molecule has 3 aliphatic rings. The van der Waals surface area contributed by atoms with Crippen molar-refractivity contribution in [2.24, 2.45) is 0 Å². The van der Waals surface area contributed by atoms with Gasteiger partial charge in [0.2, 0.25) is 5.91 Å². The number of ether oxygens (including phenoxy) is 6. The van der Waals surface area contributed by atoms with E-state index in [1.807, 2.05) is 0 Å². The number of amides is 1. The van der Waals surface area contributed by atoms with E-state index < -0.39 is 118 Å². The molecule has 17 nitrogen and oxygen atoms in total. The van der Waals surface area contributed by atoms with E-state index in [-0.39, 0.29) is 0 Å².